The minimum absolute atomic E-state index is 0.0312. The summed E-state index contributed by atoms with van der Waals surface area (Å²) in [6.45, 7) is 0.497. The molecule has 4 nitrogen and oxygen atoms in total. The van der Waals surface area contributed by atoms with E-state index in [9.17, 15) is 10.1 Å². The molecule has 28 heavy (non-hydrogen) atoms. The van der Waals surface area contributed by atoms with Gasteiger partial charge in [0.1, 0.15) is 18.2 Å². The van der Waals surface area contributed by atoms with Crippen LogP contribution in [0.1, 0.15) is 17.5 Å². The number of benzene rings is 2. The van der Waals surface area contributed by atoms with Crippen molar-refractivity contribution in [2.75, 3.05) is 13.2 Å². The first-order valence-electron chi connectivity index (χ1n) is 8.54. The molecule has 0 fully saturated rings. The lowest BCUT2D eigenvalue weighted by Gasteiger charge is -2.09. The molecule has 0 saturated carbocycles. The Labute approximate surface area is 174 Å². The highest BCUT2D eigenvalue weighted by Crippen LogP contribution is 2.34. The molecule has 6 heteroatoms. The van der Waals surface area contributed by atoms with Crippen molar-refractivity contribution in [3.63, 3.8) is 0 Å². The van der Waals surface area contributed by atoms with E-state index in [0.717, 1.165) is 12.8 Å². The molecule has 142 valence electrons. The fourth-order valence-corrected chi connectivity index (χ4v) is 3.08. The van der Waals surface area contributed by atoms with Gasteiger partial charge in [0.2, 0.25) is 0 Å². The molecule has 0 radical (unpaired) electrons. The summed E-state index contributed by atoms with van der Waals surface area (Å²) >= 11 is 12.3. The molecular weight excluding hydrogens is 395 g/mol. The highest BCUT2D eigenvalue weighted by molar-refractivity contribution is 6.37. The minimum Gasteiger partial charge on any atom is -0.478 e. The predicted molar refractivity (Wildman–Crippen MR) is 112 cm³/mol. The number of hydrogen-bond donors (Lipinski definition) is 1. The van der Waals surface area contributed by atoms with Crippen LogP contribution in [0.2, 0.25) is 10.0 Å². The molecule has 0 aromatic heterocycles. The van der Waals surface area contributed by atoms with E-state index < -0.39 is 5.91 Å². The molecule has 1 N–H and O–H groups in total. The van der Waals surface area contributed by atoms with Crippen molar-refractivity contribution in [2.45, 2.75) is 12.8 Å². The molecule has 2 rings (SSSR count). The molecule has 2 aromatic carbocycles. The van der Waals surface area contributed by atoms with Gasteiger partial charge in [0, 0.05) is 6.54 Å². The topological polar surface area (TPSA) is 62.1 Å². The fourth-order valence-electron chi connectivity index (χ4n) is 2.46. The van der Waals surface area contributed by atoms with E-state index in [2.05, 4.69) is 11.2 Å². The molecule has 1 amide bonds. The standard InChI is InChI=1S/C22H18Cl2N2O2/c1-2-11-28-21-19(23)13-17(14-20(21)24)12-18(15-25)22(27)26-10-6-9-16-7-4-3-5-8-16/h1,3-5,7-8,12-14H,6,9-11H2,(H,26,27)/b18-12-. The van der Waals surface area contributed by atoms with Crippen LogP contribution in [-0.2, 0) is 11.2 Å². The second kappa shape index (κ2) is 11.0. The van der Waals surface area contributed by atoms with Crippen LogP contribution in [0.3, 0.4) is 0 Å². The number of carbonyl (C=O) groups excluding carboxylic acids is 1. The molecule has 0 aliphatic rings. The maximum atomic E-state index is 12.3. The summed E-state index contributed by atoms with van der Waals surface area (Å²) in [6, 6.07) is 15.0. The maximum Gasteiger partial charge on any atom is 0.261 e. The first-order valence-corrected chi connectivity index (χ1v) is 9.30. The van der Waals surface area contributed by atoms with Gasteiger partial charge in [-0.05, 0) is 42.2 Å². The lowest BCUT2D eigenvalue weighted by molar-refractivity contribution is -0.117. The van der Waals surface area contributed by atoms with Crippen molar-refractivity contribution < 1.29 is 9.53 Å². The molecule has 0 saturated heterocycles. The minimum atomic E-state index is -0.449. The number of amides is 1. The van der Waals surface area contributed by atoms with E-state index in [0.29, 0.717) is 12.1 Å². The highest BCUT2D eigenvalue weighted by Gasteiger charge is 2.12. The van der Waals surface area contributed by atoms with Crippen molar-refractivity contribution in [1.82, 2.24) is 5.32 Å². The normalized spacial score (nSPS) is 10.6. The first kappa shape index (κ1) is 21.4. The van der Waals surface area contributed by atoms with Gasteiger partial charge in [-0.1, -0.05) is 59.5 Å². The van der Waals surface area contributed by atoms with Gasteiger partial charge < -0.3 is 10.1 Å². The van der Waals surface area contributed by atoms with Gasteiger partial charge in [-0.2, -0.15) is 5.26 Å². The van der Waals surface area contributed by atoms with Crippen LogP contribution in [0.5, 0.6) is 5.75 Å². The van der Waals surface area contributed by atoms with Crippen LogP contribution in [-0.4, -0.2) is 19.1 Å². The summed E-state index contributed by atoms with van der Waals surface area (Å²) in [5.41, 5.74) is 1.67. The zero-order valence-electron chi connectivity index (χ0n) is 15.0. The first-order chi connectivity index (χ1) is 13.5. The number of aryl methyl sites for hydroxylation is 1. The summed E-state index contributed by atoms with van der Waals surface area (Å²) in [7, 11) is 0. The number of nitrogens with one attached hydrogen (secondary N) is 1. The van der Waals surface area contributed by atoms with Crippen LogP contribution in [0, 0.1) is 23.7 Å². The quantitative estimate of drug-likeness (QED) is 0.296. The van der Waals surface area contributed by atoms with Crippen LogP contribution in [0.15, 0.2) is 48.0 Å². The van der Waals surface area contributed by atoms with Crippen LogP contribution >= 0.6 is 23.2 Å². The number of halogens is 2. The Morgan fingerprint density at radius 3 is 2.50 bits per heavy atom. The Balaban J connectivity index is 1.99. The van der Waals surface area contributed by atoms with Gasteiger partial charge in [-0.3, -0.25) is 4.79 Å². The number of hydrogen-bond acceptors (Lipinski definition) is 3. The molecule has 0 bridgehead atoms. The van der Waals surface area contributed by atoms with E-state index in [4.69, 9.17) is 34.4 Å². The molecular formula is C22H18Cl2N2O2. The van der Waals surface area contributed by atoms with Crippen molar-refractivity contribution in [1.29, 1.82) is 5.26 Å². The molecule has 0 unspecified atom stereocenters. The van der Waals surface area contributed by atoms with E-state index in [-0.39, 0.29) is 28.0 Å². The Bertz CT molecular complexity index is 918. The number of rotatable bonds is 8. The van der Waals surface area contributed by atoms with Crippen LogP contribution < -0.4 is 10.1 Å². The van der Waals surface area contributed by atoms with E-state index in [1.807, 2.05) is 36.4 Å². The molecule has 0 atom stereocenters. The SMILES string of the molecule is C#CCOc1c(Cl)cc(/C=C(/C#N)C(=O)NCCCc2ccccc2)cc1Cl. The highest BCUT2D eigenvalue weighted by atomic mass is 35.5. The van der Waals surface area contributed by atoms with Crippen molar-refractivity contribution >= 4 is 35.2 Å². The monoisotopic (exact) mass is 412 g/mol. The zero-order valence-corrected chi connectivity index (χ0v) is 16.6. The lowest BCUT2D eigenvalue weighted by Crippen LogP contribution is -2.25. The van der Waals surface area contributed by atoms with Crippen LogP contribution in [0.25, 0.3) is 6.08 Å². The number of nitriles is 1. The summed E-state index contributed by atoms with van der Waals surface area (Å²) in [4.78, 5) is 12.3. The number of ether oxygens (including phenoxy) is 1. The maximum absolute atomic E-state index is 12.3. The van der Waals surface area contributed by atoms with Gasteiger partial charge in [-0.25, -0.2) is 0 Å². The molecule has 0 aliphatic heterocycles. The smallest absolute Gasteiger partial charge is 0.261 e. The van der Waals surface area contributed by atoms with E-state index in [1.165, 1.54) is 11.6 Å². The average Bonchev–Trinajstić information content (AvgIpc) is 2.69. The predicted octanol–water partition coefficient (Wildman–Crippen LogP) is 4.66. The fraction of sp³-hybridized carbons (Fsp3) is 0.182. The van der Waals surface area contributed by atoms with Gasteiger partial charge in [0.25, 0.3) is 5.91 Å². The summed E-state index contributed by atoms with van der Waals surface area (Å²) < 4.78 is 5.29. The van der Waals surface area contributed by atoms with E-state index >= 15 is 0 Å². The van der Waals surface area contributed by atoms with Crippen molar-refractivity contribution in [3.8, 4) is 24.2 Å². The number of terminal acetylenes is 1. The Morgan fingerprint density at radius 2 is 1.89 bits per heavy atom. The third kappa shape index (κ3) is 6.35. The second-order valence-corrected chi connectivity index (χ2v) is 6.64. The number of carbonyl (C=O) groups is 1. The largest absolute Gasteiger partial charge is 0.478 e. The van der Waals surface area contributed by atoms with Crippen molar-refractivity contribution in [3.05, 3.63) is 69.2 Å². The number of nitrogens with zero attached hydrogens (tertiary/aromatic N) is 1. The van der Waals surface area contributed by atoms with Crippen molar-refractivity contribution in [2.24, 2.45) is 0 Å². The lowest BCUT2D eigenvalue weighted by atomic mass is 10.1. The zero-order chi connectivity index (χ0) is 20.4. The van der Waals surface area contributed by atoms with Crippen LogP contribution in [0.4, 0.5) is 0 Å². The summed E-state index contributed by atoms with van der Waals surface area (Å²) in [5.74, 6) is 2.15. The van der Waals surface area contributed by atoms with Gasteiger partial charge in [0.15, 0.2) is 5.75 Å². The Kier molecular flexibility index (Phi) is 8.43. The molecule has 2 aromatic rings. The average molecular weight is 413 g/mol. The third-order valence-corrected chi connectivity index (χ3v) is 4.33. The van der Waals surface area contributed by atoms with E-state index in [1.54, 1.807) is 12.1 Å². The Hall–Kier alpha value is -2.92. The molecule has 0 heterocycles. The second-order valence-electron chi connectivity index (χ2n) is 5.82. The van der Waals surface area contributed by atoms with Gasteiger partial charge in [-0.15, -0.1) is 6.42 Å². The molecule has 0 aliphatic carbocycles. The summed E-state index contributed by atoms with van der Waals surface area (Å²) in [6.07, 6.45) is 8.20. The third-order valence-electron chi connectivity index (χ3n) is 3.77. The van der Waals surface area contributed by atoms with Gasteiger partial charge >= 0.3 is 0 Å². The molecule has 0 spiro atoms. The van der Waals surface area contributed by atoms with Gasteiger partial charge in [0.05, 0.1) is 10.0 Å². The summed E-state index contributed by atoms with van der Waals surface area (Å²) in [5, 5.41) is 12.5. The Morgan fingerprint density at radius 1 is 1.21 bits per heavy atom.